The van der Waals surface area contributed by atoms with Crippen LogP contribution in [0.2, 0.25) is 0 Å². The predicted octanol–water partition coefficient (Wildman–Crippen LogP) is 10.4. The Morgan fingerprint density at radius 3 is 1.75 bits per heavy atom. The molecule has 10 nitrogen and oxygen atoms in total. The number of epoxide rings is 1. The van der Waals surface area contributed by atoms with E-state index in [9.17, 15) is 19.0 Å². The van der Waals surface area contributed by atoms with Gasteiger partial charge in [-0.25, -0.2) is 0 Å². The highest BCUT2D eigenvalue weighted by Crippen LogP contribution is 2.38. The second-order valence-electron chi connectivity index (χ2n) is 15.4. The fraction of sp³-hybridized carbons (Fsp3) is 0.652. The van der Waals surface area contributed by atoms with Gasteiger partial charge in [0.2, 0.25) is 0 Å². The molecule has 1 fully saturated rings. The molecule has 0 aromatic carbocycles. The van der Waals surface area contributed by atoms with Gasteiger partial charge in [-0.2, -0.15) is 0 Å². The van der Waals surface area contributed by atoms with Crippen molar-refractivity contribution in [2.45, 2.75) is 148 Å². The molecule has 0 bridgehead atoms. The van der Waals surface area contributed by atoms with Crippen LogP contribution in [0.4, 0.5) is 0 Å². The Morgan fingerprint density at radius 2 is 1.16 bits per heavy atom. The van der Waals surface area contributed by atoms with Crippen molar-refractivity contribution in [2.75, 3.05) is 47.5 Å². The highest BCUT2D eigenvalue weighted by molar-refractivity contribution is 7.45. The number of phosphoric acid groups is 1. The molecule has 4 atom stereocenters. The number of unbranched alkanes of at least 4 members (excludes halogenated alkanes) is 6. The van der Waals surface area contributed by atoms with E-state index in [1.165, 1.54) is 19.3 Å². The molecule has 324 valence electrons. The summed E-state index contributed by atoms with van der Waals surface area (Å²) in [5.74, 6) is -0.968. The molecule has 0 aromatic rings. The first-order valence-electron chi connectivity index (χ1n) is 21.4. The SMILES string of the molecule is CC/C=C\C/C=C\C/C=C\C/C=C\CCCCC(=O)OC[C@H](COP(=O)([O-])OCC[N+](C)(C)C)OC(=O)CCC/C=C\CC1OC1C/C=C\C/C=C\CCCCC. The largest absolute Gasteiger partial charge is 0.756 e. The van der Waals surface area contributed by atoms with Gasteiger partial charge >= 0.3 is 11.9 Å². The number of rotatable bonds is 36. The molecule has 0 saturated carbocycles. The summed E-state index contributed by atoms with van der Waals surface area (Å²) in [4.78, 5) is 37.5. The van der Waals surface area contributed by atoms with Gasteiger partial charge in [0.25, 0.3) is 7.82 Å². The predicted molar refractivity (Wildman–Crippen MR) is 230 cm³/mol. The van der Waals surface area contributed by atoms with Gasteiger partial charge in [-0.3, -0.25) is 14.2 Å². The van der Waals surface area contributed by atoms with Gasteiger partial charge in [0, 0.05) is 12.8 Å². The lowest BCUT2D eigenvalue weighted by Crippen LogP contribution is -2.37. The fourth-order valence-corrected chi connectivity index (χ4v) is 6.05. The van der Waals surface area contributed by atoms with E-state index in [4.69, 9.17) is 23.3 Å². The minimum absolute atomic E-state index is 0.0557. The van der Waals surface area contributed by atoms with Crippen LogP contribution >= 0.6 is 7.82 Å². The Hall–Kier alpha value is -2.85. The van der Waals surface area contributed by atoms with Gasteiger partial charge in [-0.15, -0.1) is 0 Å². The molecule has 0 aliphatic carbocycles. The molecule has 11 heteroatoms. The number of ether oxygens (including phenoxy) is 3. The summed E-state index contributed by atoms with van der Waals surface area (Å²) >= 11 is 0. The number of esters is 2. The van der Waals surface area contributed by atoms with Crippen molar-refractivity contribution in [1.29, 1.82) is 0 Å². The second-order valence-corrected chi connectivity index (χ2v) is 16.8. The molecule has 0 N–H and O–H groups in total. The summed E-state index contributed by atoms with van der Waals surface area (Å²) in [6.07, 6.45) is 45.0. The fourth-order valence-electron chi connectivity index (χ4n) is 5.32. The van der Waals surface area contributed by atoms with Crippen molar-refractivity contribution in [3.05, 3.63) is 85.1 Å². The normalized spacial score (nSPS) is 18.0. The lowest BCUT2D eigenvalue weighted by molar-refractivity contribution is -0.870. The minimum Gasteiger partial charge on any atom is -0.756 e. The Kier molecular flexibility index (Phi) is 31.2. The lowest BCUT2D eigenvalue weighted by Gasteiger charge is -2.28. The molecular formula is C46H76NO9P. The van der Waals surface area contributed by atoms with Crippen LogP contribution in [0.5, 0.6) is 0 Å². The van der Waals surface area contributed by atoms with Crippen LogP contribution in [0.1, 0.15) is 129 Å². The number of hydrogen-bond acceptors (Lipinski definition) is 9. The van der Waals surface area contributed by atoms with Gasteiger partial charge < -0.3 is 32.6 Å². The molecular weight excluding hydrogens is 741 g/mol. The van der Waals surface area contributed by atoms with E-state index in [0.717, 1.165) is 64.2 Å². The van der Waals surface area contributed by atoms with Gasteiger partial charge in [-0.05, 0) is 89.9 Å². The third-order valence-corrected chi connectivity index (χ3v) is 9.77. The van der Waals surface area contributed by atoms with Gasteiger partial charge in [0.15, 0.2) is 6.10 Å². The van der Waals surface area contributed by atoms with Gasteiger partial charge in [0.1, 0.15) is 19.8 Å². The average Bonchev–Trinajstić information content (AvgIpc) is 3.92. The summed E-state index contributed by atoms with van der Waals surface area (Å²) in [6, 6.07) is 0. The maximum Gasteiger partial charge on any atom is 0.306 e. The Balaban J connectivity index is 2.39. The number of likely N-dealkylation sites (N-methyl/N-ethyl adjacent to an activating group) is 1. The number of carbonyl (C=O) groups excluding carboxylic acids is 2. The molecule has 1 heterocycles. The molecule has 1 rings (SSSR count). The molecule has 57 heavy (non-hydrogen) atoms. The average molecular weight is 818 g/mol. The van der Waals surface area contributed by atoms with Crippen molar-refractivity contribution in [3.8, 4) is 0 Å². The molecule has 0 spiro atoms. The van der Waals surface area contributed by atoms with Crippen molar-refractivity contribution >= 4 is 19.8 Å². The van der Waals surface area contributed by atoms with Gasteiger partial charge in [0.05, 0.1) is 40.0 Å². The number of allylic oxidation sites excluding steroid dienone is 12. The Morgan fingerprint density at radius 1 is 0.649 bits per heavy atom. The van der Waals surface area contributed by atoms with E-state index in [-0.39, 0.29) is 38.3 Å². The standard InChI is InChI=1S/C46H76NO9P/c1-6-8-10-12-14-16-17-18-19-20-21-23-25-27-32-36-45(48)52-40-42(41-54-57(50,51)53-39-38-47(3,4)5)55-46(49)37-33-29-28-31-35-44-43(56-44)34-30-26-24-22-15-13-11-9-7-2/h8,10,14-16,18-19,21-23,26,28,30-31,42-44H,6-7,9,11-13,17,20,24-25,27,29,32-41H2,1-5H3/b10-8-,16-14-,19-18-,22-15-,23-21-,30-26-,31-28-/t42-,43?,44?/m1/s1. The topological polar surface area (TPSA) is 124 Å². The van der Waals surface area contributed by atoms with Crippen LogP contribution in [-0.4, -0.2) is 82.2 Å². The number of nitrogens with zero attached hydrogens (tertiary/aromatic N) is 1. The molecule has 0 radical (unpaired) electrons. The summed E-state index contributed by atoms with van der Waals surface area (Å²) in [5, 5.41) is 0. The summed E-state index contributed by atoms with van der Waals surface area (Å²) < 4.78 is 39.5. The zero-order valence-corrected chi connectivity index (χ0v) is 36.8. The van der Waals surface area contributed by atoms with E-state index in [1.807, 2.05) is 27.2 Å². The zero-order valence-electron chi connectivity index (χ0n) is 35.9. The van der Waals surface area contributed by atoms with Crippen LogP contribution in [0.25, 0.3) is 0 Å². The number of hydrogen-bond donors (Lipinski definition) is 0. The van der Waals surface area contributed by atoms with Crippen LogP contribution < -0.4 is 4.89 Å². The van der Waals surface area contributed by atoms with Crippen LogP contribution in [-0.2, 0) is 37.4 Å². The third-order valence-electron chi connectivity index (χ3n) is 8.80. The first kappa shape index (κ1) is 52.2. The molecule has 3 unspecified atom stereocenters. The van der Waals surface area contributed by atoms with Crippen molar-refractivity contribution in [3.63, 3.8) is 0 Å². The molecule has 1 aliphatic rings. The van der Waals surface area contributed by atoms with E-state index in [1.54, 1.807) is 0 Å². The van der Waals surface area contributed by atoms with Crippen LogP contribution in [0, 0.1) is 0 Å². The van der Waals surface area contributed by atoms with Crippen molar-refractivity contribution < 1.29 is 46.8 Å². The Labute approximate surface area is 346 Å². The summed E-state index contributed by atoms with van der Waals surface area (Å²) in [5.41, 5.74) is 0. The monoisotopic (exact) mass is 818 g/mol. The molecule has 1 saturated heterocycles. The van der Waals surface area contributed by atoms with E-state index in [2.05, 4.69) is 92.8 Å². The van der Waals surface area contributed by atoms with Crippen molar-refractivity contribution in [1.82, 2.24) is 0 Å². The highest BCUT2D eigenvalue weighted by atomic mass is 31.2. The maximum atomic E-state index is 12.7. The van der Waals surface area contributed by atoms with E-state index in [0.29, 0.717) is 30.3 Å². The number of quaternary nitrogens is 1. The van der Waals surface area contributed by atoms with Crippen LogP contribution in [0.3, 0.4) is 0 Å². The van der Waals surface area contributed by atoms with E-state index < -0.39 is 32.5 Å². The first-order valence-corrected chi connectivity index (χ1v) is 22.9. The quantitative estimate of drug-likeness (QED) is 0.0152. The summed E-state index contributed by atoms with van der Waals surface area (Å²) in [7, 11) is 1.08. The molecule has 0 amide bonds. The number of carbonyl (C=O) groups is 2. The third kappa shape index (κ3) is 34.9. The smallest absolute Gasteiger partial charge is 0.306 e. The number of phosphoric ester groups is 1. The molecule has 0 aromatic heterocycles. The minimum atomic E-state index is -4.66. The highest BCUT2D eigenvalue weighted by Gasteiger charge is 2.36. The van der Waals surface area contributed by atoms with Crippen LogP contribution in [0.15, 0.2) is 85.1 Å². The van der Waals surface area contributed by atoms with E-state index >= 15 is 0 Å². The first-order chi connectivity index (χ1) is 27.5. The lowest BCUT2D eigenvalue weighted by atomic mass is 10.1. The Bertz CT molecular complexity index is 1310. The maximum absolute atomic E-state index is 12.7. The van der Waals surface area contributed by atoms with Crippen molar-refractivity contribution in [2.24, 2.45) is 0 Å². The van der Waals surface area contributed by atoms with Gasteiger partial charge in [-0.1, -0.05) is 112 Å². The second kappa shape index (κ2) is 34.1. The zero-order chi connectivity index (χ0) is 41.9. The summed E-state index contributed by atoms with van der Waals surface area (Å²) in [6.45, 7) is 3.92. The molecule has 1 aliphatic heterocycles.